The number of fused-ring (bicyclic) bond motifs is 1. The van der Waals surface area contributed by atoms with E-state index in [-0.39, 0.29) is 5.91 Å². The maximum absolute atomic E-state index is 13.4. The third-order valence-corrected chi connectivity index (χ3v) is 5.80. The van der Waals surface area contributed by atoms with Gasteiger partial charge in [-0.1, -0.05) is 13.0 Å². The third kappa shape index (κ3) is 3.72. The first-order valence-electron chi connectivity index (χ1n) is 9.67. The predicted molar refractivity (Wildman–Crippen MR) is 117 cm³/mol. The second-order valence-electron chi connectivity index (χ2n) is 7.50. The number of nitrogens with zero attached hydrogens (tertiary/aromatic N) is 3. The summed E-state index contributed by atoms with van der Waals surface area (Å²) in [4.78, 5) is 24.4. The molecule has 1 aliphatic rings. The number of nitrogens with two attached hydrogens (primary N) is 1. The molecule has 6 heteroatoms. The van der Waals surface area contributed by atoms with Gasteiger partial charge in [-0.05, 0) is 66.9 Å². The van der Waals surface area contributed by atoms with Crippen molar-refractivity contribution in [1.29, 1.82) is 0 Å². The van der Waals surface area contributed by atoms with Crippen LogP contribution in [0, 0.1) is 6.92 Å². The molecule has 1 unspecified atom stereocenters. The minimum Gasteiger partial charge on any atom is -0.383 e. The number of aromatic nitrogens is 2. The van der Waals surface area contributed by atoms with Crippen LogP contribution in [0.1, 0.15) is 46.9 Å². The molecule has 1 aromatic carbocycles. The van der Waals surface area contributed by atoms with E-state index in [1.165, 1.54) is 5.56 Å². The molecule has 2 N–H and O–H groups in total. The van der Waals surface area contributed by atoms with E-state index in [2.05, 4.69) is 32.2 Å². The molecule has 1 amide bonds. The number of carbonyl (C=O) groups excluding carboxylic acids is 1. The number of carbonyl (C=O) groups is 1. The lowest BCUT2D eigenvalue weighted by Crippen LogP contribution is -2.34. The number of amides is 1. The number of nitrogen functional groups attached to an aromatic ring is 1. The van der Waals surface area contributed by atoms with Crippen LogP contribution in [0.15, 0.2) is 36.5 Å². The van der Waals surface area contributed by atoms with Crippen molar-refractivity contribution >= 4 is 37.2 Å². The van der Waals surface area contributed by atoms with Crippen LogP contribution in [0.3, 0.4) is 0 Å². The molecule has 0 saturated heterocycles. The van der Waals surface area contributed by atoms with Crippen molar-refractivity contribution in [2.24, 2.45) is 0 Å². The quantitative estimate of drug-likeness (QED) is 0.676. The smallest absolute Gasteiger partial charge is 0.255 e. The number of pyridine rings is 2. The lowest BCUT2D eigenvalue weighted by molar-refractivity contribution is 0.0729. The highest BCUT2D eigenvalue weighted by molar-refractivity contribution is 7.27. The fourth-order valence-electron chi connectivity index (χ4n) is 3.38. The first-order valence-corrected chi connectivity index (χ1v) is 10.2. The summed E-state index contributed by atoms with van der Waals surface area (Å²) in [5.41, 5.74) is 10.5. The number of benzene rings is 1. The molecule has 1 atom stereocenters. The van der Waals surface area contributed by atoms with E-state index in [1.807, 2.05) is 42.3 Å². The highest BCUT2D eigenvalue weighted by atomic mass is 31.0. The van der Waals surface area contributed by atoms with Gasteiger partial charge in [0, 0.05) is 23.2 Å². The molecule has 0 bridgehead atoms. The Morgan fingerprint density at radius 1 is 1.29 bits per heavy atom. The summed E-state index contributed by atoms with van der Waals surface area (Å²) in [6.45, 7) is 4.58. The average Bonchev–Trinajstić information content (AvgIpc) is 3.52. The molecule has 3 aromatic rings. The molecule has 1 saturated carbocycles. The van der Waals surface area contributed by atoms with Crippen molar-refractivity contribution < 1.29 is 4.79 Å². The lowest BCUT2D eigenvalue weighted by Gasteiger charge is -2.23. The maximum atomic E-state index is 13.4. The number of anilines is 1. The molecule has 0 aliphatic heterocycles. The molecule has 0 spiro atoms. The molecule has 28 heavy (non-hydrogen) atoms. The van der Waals surface area contributed by atoms with E-state index in [0.717, 1.165) is 46.7 Å². The van der Waals surface area contributed by atoms with Gasteiger partial charge in [0.1, 0.15) is 5.82 Å². The summed E-state index contributed by atoms with van der Waals surface area (Å²) in [5.74, 6) is 0.572. The van der Waals surface area contributed by atoms with Gasteiger partial charge in [0.05, 0.1) is 17.8 Å². The van der Waals surface area contributed by atoms with Gasteiger partial charge < -0.3 is 10.6 Å². The molecule has 1 fully saturated rings. The second-order valence-corrected chi connectivity index (χ2v) is 8.12. The van der Waals surface area contributed by atoms with E-state index in [4.69, 9.17) is 5.73 Å². The minimum atomic E-state index is 0.0465. The fraction of sp³-hybridized carbons (Fsp3) is 0.318. The van der Waals surface area contributed by atoms with E-state index >= 15 is 0 Å². The van der Waals surface area contributed by atoms with E-state index < -0.39 is 0 Å². The number of hydrogen-bond acceptors (Lipinski definition) is 4. The first kappa shape index (κ1) is 18.8. The molecule has 2 heterocycles. The van der Waals surface area contributed by atoms with Gasteiger partial charge >= 0.3 is 0 Å². The first-order chi connectivity index (χ1) is 13.5. The minimum absolute atomic E-state index is 0.0465. The lowest BCUT2D eigenvalue weighted by atomic mass is 10.1. The Hall–Kier alpha value is -2.52. The topological polar surface area (TPSA) is 72.1 Å². The monoisotopic (exact) mass is 392 g/mol. The Balaban J connectivity index is 1.66. The average molecular weight is 392 g/mol. The molecular formula is C22H25N4OP. The zero-order valence-electron chi connectivity index (χ0n) is 16.3. The van der Waals surface area contributed by atoms with Crippen LogP contribution in [0.4, 0.5) is 5.82 Å². The normalized spacial score (nSPS) is 13.7. The van der Waals surface area contributed by atoms with Gasteiger partial charge in [-0.25, -0.2) is 4.98 Å². The Kier molecular flexibility index (Phi) is 5.03. The van der Waals surface area contributed by atoms with Crippen molar-refractivity contribution in [2.45, 2.75) is 45.7 Å². The van der Waals surface area contributed by atoms with Gasteiger partial charge in [0.15, 0.2) is 0 Å². The highest BCUT2D eigenvalue weighted by Crippen LogP contribution is 2.30. The van der Waals surface area contributed by atoms with Crippen molar-refractivity contribution in [3.8, 4) is 0 Å². The van der Waals surface area contributed by atoms with Gasteiger partial charge in [0.2, 0.25) is 0 Å². The standard InChI is InChI=1S/C22H25N4OP/c1-3-14-4-5-16(24-11-14)12-26(17-6-7-17)22(27)18-9-15-8-13(2)21(23)25-19(15)10-20(18)28/h4-5,8-11,17H,3,6-7,12,28H2,1-2H3,(H2,23,25). The Morgan fingerprint density at radius 2 is 2.07 bits per heavy atom. The van der Waals surface area contributed by atoms with Gasteiger partial charge in [-0.3, -0.25) is 9.78 Å². The van der Waals surface area contributed by atoms with Crippen LogP contribution in [0.5, 0.6) is 0 Å². The van der Waals surface area contributed by atoms with E-state index in [9.17, 15) is 4.79 Å². The third-order valence-electron chi connectivity index (χ3n) is 5.32. The molecular weight excluding hydrogens is 367 g/mol. The zero-order valence-corrected chi connectivity index (χ0v) is 17.4. The Morgan fingerprint density at radius 3 is 2.71 bits per heavy atom. The molecule has 144 valence electrons. The maximum Gasteiger partial charge on any atom is 0.255 e. The van der Waals surface area contributed by atoms with Crippen LogP contribution in [-0.2, 0) is 13.0 Å². The Labute approximate surface area is 167 Å². The largest absolute Gasteiger partial charge is 0.383 e. The van der Waals surface area contributed by atoms with Crippen LogP contribution in [-0.4, -0.2) is 26.8 Å². The summed E-state index contributed by atoms with van der Waals surface area (Å²) in [6, 6.07) is 10.3. The fourth-order valence-corrected chi connectivity index (χ4v) is 3.75. The predicted octanol–water partition coefficient (Wildman–Crippen LogP) is 3.39. The van der Waals surface area contributed by atoms with Crippen LogP contribution < -0.4 is 11.0 Å². The highest BCUT2D eigenvalue weighted by Gasteiger charge is 2.34. The van der Waals surface area contributed by atoms with Crippen LogP contribution >= 0.6 is 9.24 Å². The zero-order chi connectivity index (χ0) is 19.8. The number of aryl methyl sites for hydroxylation is 2. The SMILES string of the molecule is CCc1ccc(CN(C(=O)c2cc3cc(C)c(N)nc3cc2P)C2CC2)nc1. The second kappa shape index (κ2) is 7.48. The number of rotatable bonds is 5. The van der Waals surface area contributed by atoms with Crippen molar-refractivity contribution in [1.82, 2.24) is 14.9 Å². The molecule has 2 aromatic heterocycles. The molecule has 1 aliphatic carbocycles. The number of hydrogen-bond donors (Lipinski definition) is 1. The molecule has 5 nitrogen and oxygen atoms in total. The molecule has 0 radical (unpaired) electrons. The summed E-state index contributed by atoms with van der Waals surface area (Å²) >= 11 is 0. The van der Waals surface area contributed by atoms with Crippen LogP contribution in [0.2, 0.25) is 0 Å². The Bertz CT molecular complexity index is 1040. The van der Waals surface area contributed by atoms with E-state index in [1.54, 1.807) is 0 Å². The van der Waals surface area contributed by atoms with Gasteiger partial charge in [0.25, 0.3) is 5.91 Å². The van der Waals surface area contributed by atoms with Gasteiger partial charge in [-0.15, -0.1) is 9.24 Å². The summed E-state index contributed by atoms with van der Waals surface area (Å²) in [6.07, 6.45) is 4.97. The summed E-state index contributed by atoms with van der Waals surface area (Å²) in [5, 5.41) is 1.77. The van der Waals surface area contributed by atoms with Crippen LogP contribution in [0.25, 0.3) is 10.9 Å². The van der Waals surface area contributed by atoms with Crippen molar-refractivity contribution in [3.05, 3.63) is 58.9 Å². The summed E-state index contributed by atoms with van der Waals surface area (Å²) < 4.78 is 0. The van der Waals surface area contributed by atoms with E-state index in [0.29, 0.717) is 24.0 Å². The van der Waals surface area contributed by atoms with Crippen molar-refractivity contribution in [3.63, 3.8) is 0 Å². The van der Waals surface area contributed by atoms with Crippen molar-refractivity contribution in [2.75, 3.05) is 5.73 Å². The summed E-state index contributed by atoms with van der Waals surface area (Å²) in [7, 11) is 2.67. The van der Waals surface area contributed by atoms with Gasteiger partial charge in [-0.2, -0.15) is 0 Å². The molecule has 4 rings (SSSR count).